The highest BCUT2D eigenvalue weighted by molar-refractivity contribution is 6.35. The molecule has 1 aromatic heterocycles. The minimum absolute atomic E-state index is 0.427. The Balaban J connectivity index is 2.09. The zero-order valence-electron chi connectivity index (χ0n) is 10.0. The molecule has 3 rings (SSSR count). The van der Waals surface area contributed by atoms with Gasteiger partial charge in [-0.3, -0.25) is 0 Å². The van der Waals surface area contributed by atoms with Gasteiger partial charge in [0.25, 0.3) is 0 Å². The van der Waals surface area contributed by atoms with Gasteiger partial charge in [-0.05, 0) is 18.2 Å². The molecule has 2 aromatic carbocycles. The van der Waals surface area contributed by atoms with Crippen LogP contribution in [-0.2, 0) is 0 Å². The number of anilines is 1. The van der Waals surface area contributed by atoms with Crippen LogP contribution < -0.4 is 10.5 Å². The van der Waals surface area contributed by atoms with Crippen molar-refractivity contribution < 1.29 is 4.74 Å². The highest BCUT2D eigenvalue weighted by Gasteiger charge is 2.07. The van der Waals surface area contributed by atoms with E-state index in [9.17, 15) is 0 Å². The lowest BCUT2D eigenvalue weighted by molar-refractivity contribution is 0.469. The second-order valence-corrected chi connectivity index (χ2v) is 4.50. The van der Waals surface area contributed by atoms with Gasteiger partial charge in [0, 0.05) is 21.9 Å². The van der Waals surface area contributed by atoms with Gasteiger partial charge in [0.2, 0.25) is 5.88 Å². The molecule has 0 aliphatic carbocycles. The molecule has 3 aromatic rings. The number of ether oxygens (including phenoxy) is 1. The summed E-state index contributed by atoms with van der Waals surface area (Å²) in [6.45, 7) is 0. The maximum atomic E-state index is 6.17. The summed E-state index contributed by atoms with van der Waals surface area (Å²) in [7, 11) is 0. The number of nitrogen functional groups attached to an aromatic ring is 1. The lowest BCUT2D eigenvalue weighted by Gasteiger charge is -2.09. The first-order valence-electron chi connectivity index (χ1n) is 5.82. The third-order valence-corrected chi connectivity index (χ3v) is 3.12. The zero-order chi connectivity index (χ0) is 13.2. The smallest absolute Gasteiger partial charge is 0.221 e. The molecule has 19 heavy (non-hydrogen) atoms. The molecule has 0 saturated carbocycles. The summed E-state index contributed by atoms with van der Waals surface area (Å²) in [5.74, 6) is 1.60. The van der Waals surface area contributed by atoms with Crippen molar-refractivity contribution >= 4 is 28.2 Å². The average molecular weight is 271 g/mol. The van der Waals surface area contributed by atoms with E-state index in [4.69, 9.17) is 22.1 Å². The van der Waals surface area contributed by atoms with Crippen LogP contribution in [-0.4, -0.2) is 4.98 Å². The van der Waals surface area contributed by atoms with Crippen LogP contribution in [0.25, 0.3) is 10.8 Å². The molecule has 0 radical (unpaired) electrons. The van der Waals surface area contributed by atoms with Crippen LogP contribution in [0.3, 0.4) is 0 Å². The number of nitrogens with zero attached hydrogens (tertiary/aromatic N) is 1. The van der Waals surface area contributed by atoms with Crippen molar-refractivity contribution in [3.8, 4) is 11.6 Å². The van der Waals surface area contributed by atoms with Crippen LogP contribution in [0.2, 0.25) is 5.02 Å². The van der Waals surface area contributed by atoms with Crippen molar-refractivity contribution in [1.82, 2.24) is 4.98 Å². The van der Waals surface area contributed by atoms with E-state index in [1.807, 2.05) is 36.4 Å². The Morgan fingerprint density at radius 1 is 0.895 bits per heavy atom. The summed E-state index contributed by atoms with van der Waals surface area (Å²) in [4.78, 5) is 4.12. The molecule has 0 atom stereocenters. The van der Waals surface area contributed by atoms with E-state index in [1.54, 1.807) is 18.2 Å². The number of benzene rings is 2. The first kappa shape index (κ1) is 11.8. The molecule has 0 fully saturated rings. The van der Waals surface area contributed by atoms with E-state index in [-0.39, 0.29) is 0 Å². The van der Waals surface area contributed by atoms with Crippen LogP contribution in [0.4, 0.5) is 5.82 Å². The van der Waals surface area contributed by atoms with Gasteiger partial charge in [0.05, 0.1) is 0 Å². The van der Waals surface area contributed by atoms with Gasteiger partial charge in [-0.2, -0.15) is 4.98 Å². The van der Waals surface area contributed by atoms with Crippen molar-refractivity contribution in [2.75, 3.05) is 5.73 Å². The average Bonchev–Trinajstić information content (AvgIpc) is 2.42. The Morgan fingerprint density at radius 3 is 2.47 bits per heavy atom. The predicted molar refractivity (Wildman–Crippen MR) is 77.7 cm³/mol. The number of halogens is 1. The Hall–Kier alpha value is -2.26. The molecule has 0 bridgehead atoms. The largest absolute Gasteiger partial charge is 0.438 e. The van der Waals surface area contributed by atoms with Crippen molar-refractivity contribution in [2.24, 2.45) is 0 Å². The van der Waals surface area contributed by atoms with Crippen LogP contribution >= 0.6 is 11.6 Å². The number of pyridine rings is 1. The second-order valence-electron chi connectivity index (χ2n) is 4.09. The van der Waals surface area contributed by atoms with Crippen molar-refractivity contribution in [3.05, 3.63) is 59.6 Å². The fourth-order valence-electron chi connectivity index (χ4n) is 1.92. The molecule has 3 nitrogen and oxygen atoms in total. The van der Waals surface area contributed by atoms with Gasteiger partial charge < -0.3 is 10.5 Å². The Bertz CT molecular complexity index is 743. The quantitative estimate of drug-likeness (QED) is 0.757. The standard InChI is InChI=1S/C15H11ClN2O/c16-12-8-9-13(11-5-2-1-4-10(11)12)19-15-7-3-6-14(17)18-15/h1-9H,(H2,17,18). The molecular formula is C15H11ClN2O. The van der Waals surface area contributed by atoms with Crippen molar-refractivity contribution in [2.45, 2.75) is 0 Å². The van der Waals surface area contributed by atoms with E-state index in [1.165, 1.54) is 0 Å². The molecule has 0 aliphatic heterocycles. The molecule has 0 aliphatic rings. The van der Waals surface area contributed by atoms with E-state index in [0.29, 0.717) is 22.5 Å². The first-order valence-corrected chi connectivity index (χ1v) is 6.19. The summed E-state index contributed by atoms with van der Waals surface area (Å²) in [6.07, 6.45) is 0. The normalized spacial score (nSPS) is 10.6. The highest BCUT2D eigenvalue weighted by Crippen LogP contribution is 2.33. The van der Waals surface area contributed by atoms with E-state index in [0.717, 1.165) is 10.8 Å². The lowest BCUT2D eigenvalue weighted by Crippen LogP contribution is -1.93. The topological polar surface area (TPSA) is 48.1 Å². The fourth-order valence-corrected chi connectivity index (χ4v) is 2.15. The number of hydrogen-bond acceptors (Lipinski definition) is 3. The SMILES string of the molecule is Nc1cccc(Oc2ccc(Cl)c3ccccc23)n1. The van der Waals surface area contributed by atoms with Crippen molar-refractivity contribution in [1.29, 1.82) is 0 Å². The molecule has 0 saturated heterocycles. The van der Waals surface area contributed by atoms with E-state index in [2.05, 4.69) is 4.98 Å². The predicted octanol–water partition coefficient (Wildman–Crippen LogP) is 4.26. The Kier molecular flexibility index (Phi) is 2.97. The number of nitrogens with two attached hydrogens (primary N) is 1. The molecule has 0 unspecified atom stereocenters. The first-order chi connectivity index (χ1) is 9.24. The van der Waals surface area contributed by atoms with E-state index >= 15 is 0 Å². The van der Waals surface area contributed by atoms with Gasteiger partial charge in [0.1, 0.15) is 11.6 Å². The van der Waals surface area contributed by atoms with Crippen LogP contribution in [0.5, 0.6) is 11.6 Å². The van der Waals surface area contributed by atoms with Gasteiger partial charge in [0.15, 0.2) is 0 Å². The molecule has 2 N–H and O–H groups in total. The van der Waals surface area contributed by atoms with E-state index < -0.39 is 0 Å². The molecule has 94 valence electrons. The van der Waals surface area contributed by atoms with Crippen molar-refractivity contribution in [3.63, 3.8) is 0 Å². The number of hydrogen-bond donors (Lipinski definition) is 1. The zero-order valence-corrected chi connectivity index (χ0v) is 10.8. The summed E-state index contributed by atoms with van der Waals surface area (Å²) < 4.78 is 5.78. The van der Waals surface area contributed by atoms with Crippen LogP contribution in [0.1, 0.15) is 0 Å². The monoisotopic (exact) mass is 270 g/mol. The van der Waals surface area contributed by atoms with Gasteiger partial charge in [-0.1, -0.05) is 41.9 Å². The number of aromatic nitrogens is 1. The Morgan fingerprint density at radius 2 is 1.68 bits per heavy atom. The maximum absolute atomic E-state index is 6.17. The Labute approximate surface area is 115 Å². The van der Waals surface area contributed by atoms with Crippen LogP contribution in [0, 0.1) is 0 Å². The third-order valence-electron chi connectivity index (χ3n) is 2.79. The third kappa shape index (κ3) is 2.33. The highest BCUT2D eigenvalue weighted by atomic mass is 35.5. The summed E-state index contributed by atoms with van der Waals surface area (Å²) in [5, 5.41) is 2.59. The summed E-state index contributed by atoms with van der Waals surface area (Å²) in [5.41, 5.74) is 5.64. The molecular weight excluding hydrogens is 260 g/mol. The summed E-state index contributed by atoms with van der Waals surface area (Å²) >= 11 is 6.17. The van der Waals surface area contributed by atoms with Gasteiger partial charge in [-0.25, -0.2) is 0 Å². The molecule has 0 amide bonds. The fraction of sp³-hybridized carbons (Fsp3) is 0. The molecule has 4 heteroatoms. The minimum atomic E-state index is 0.427. The van der Waals surface area contributed by atoms with Crippen LogP contribution in [0.15, 0.2) is 54.6 Å². The molecule has 0 spiro atoms. The van der Waals surface area contributed by atoms with Gasteiger partial charge in [-0.15, -0.1) is 0 Å². The molecule has 1 heterocycles. The number of fused-ring (bicyclic) bond motifs is 1. The van der Waals surface area contributed by atoms with Gasteiger partial charge >= 0.3 is 0 Å². The maximum Gasteiger partial charge on any atom is 0.221 e. The number of rotatable bonds is 2. The summed E-state index contributed by atoms with van der Waals surface area (Å²) in [6, 6.07) is 16.7. The second kappa shape index (κ2) is 4.78. The lowest BCUT2D eigenvalue weighted by atomic mass is 10.1. The minimum Gasteiger partial charge on any atom is -0.438 e.